The van der Waals surface area contributed by atoms with Gasteiger partial charge in [-0.05, 0) is 37.6 Å². The molecule has 3 atom stereocenters. The predicted octanol–water partition coefficient (Wildman–Crippen LogP) is 3.59. The Labute approximate surface area is 89.7 Å². The van der Waals surface area contributed by atoms with Gasteiger partial charge in [0.2, 0.25) is 0 Å². The van der Waals surface area contributed by atoms with E-state index in [2.05, 4.69) is 26.1 Å². The summed E-state index contributed by atoms with van der Waals surface area (Å²) in [4.78, 5) is 0. The highest BCUT2D eigenvalue weighted by Crippen LogP contribution is 2.24. The number of piperidine rings is 1. The summed E-state index contributed by atoms with van der Waals surface area (Å²) < 4.78 is 0. The molecule has 14 heavy (non-hydrogen) atoms. The van der Waals surface area contributed by atoms with Gasteiger partial charge in [0.05, 0.1) is 0 Å². The van der Waals surface area contributed by atoms with E-state index in [1.165, 1.54) is 45.1 Å². The highest BCUT2D eigenvalue weighted by molar-refractivity contribution is 4.79. The van der Waals surface area contributed by atoms with E-state index in [-0.39, 0.29) is 0 Å². The van der Waals surface area contributed by atoms with Crippen molar-refractivity contribution in [3.63, 3.8) is 0 Å². The molecule has 0 aromatic heterocycles. The molecule has 1 fully saturated rings. The molecule has 1 saturated heterocycles. The van der Waals surface area contributed by atoms with Crippen LogP contribution in [0.15, 0.2) is 0 Å². The molecular formula is C13H27N. The van der Waals surface area contributed by atoms with Crippen LogP contribution in [0.1, 0.15) is 59.3 Å². The van der Waals surface area contributed by atoms with Crippen molar-refractivity contribution < 1.29 is 0 Å². The minimum atomic E-state index is 0.815. The van der Waals surface area contributed by atoms with Gasteiger partial charge in [-0.1, -0.05) is 40.0 Å². The molecular weight excluding hydrogens is 170 g/mol. The van der Waals surface area contributed by atoms with Crippen molar-refractivity contribution in [1.82, 2.24) is 5.32 Å². The summed E-state index contributed by atoms with van der Waals surface area (Å²) in [6, 6.07) is 0.815. The zero-order valence-corrected chi connectivity index (χ0v) is 10.2. The summed E-state index contributed by atoms with van der Waals surface area (Å²) in [5, 5.41) is 3.67. The summed E-state index contributed by atoms with van der Waals surface area (Å²) in [7, 11) is 0. The van der Waals surface area contributed by atoms with Gasteiger partial charge in [-0.25, -0.2) is 0 Å². The lowest BCUT2D eigenvalue weighted by Crippen LogP contribution is -2.38. The van der Waals surface area contributed by atoms with Gasteiger partial charge in [0.25, 0.3) is 0 Å². The van der Waals surface area contributed by atoms with E-state index in [9.17, 15) is 0 Å². The molecule has 0 aliphatic carbocycles. The SMILES string of the molecule is CCCC(C)CC1CC(CC)CCN1. The molecule has 0 aromatic carbocycles. The van der Waals surface area contributed by atoms with E-state index in [1.54, 1.807) is 0 Å². The molecule has 1 aliphatic rings. The fourth-order valence-electron chi connectivity index (χ4n) is 2.74. The van der Waals surface area contributed by atoms with Crippen molar-refractivity contribution in [3.8, 4) is 0 Å². The molecule has 84 valence electrons. The smallest absolute Gasteiger partial charge is 0.00722 e. The van der Waals surface area contributed by atoms with Crippen molar-refractivity contribution in [2.24, 2.45) is 11.8 Å². The Bertz CT molecular complexity index is 144. The topological polar surface area (TPSA) is 12.0 Å². The first-order chi connectivity index (χ1) is 6.76. The molecule has 1 N–H and O–H groups in total. The second-order valence-corrected chi connectivity index (χ2v) is 5.08. The van der Waals surface area contributed by atoms with Crippen molar-refractivity contribution in [1.29, 1.82) is 0 Å². The fraction of sp³-hybridized carbons (Fsp3) is 1.00. The minimum absolute atomic E-state index is 0.815. The normalized spacial score (nSPS) is 30.2. The number of rotatable bonds is 5. The lowest BCUT2D eigenvalue weighted by atomic mass is 9.85. The first kappa shape index (κ1) is 12.0. The molecule has 0 saturated carbocycles. The zero-order valence-electron chi connectivity index (χ0n) is 10.2. The van der Waals surface area contributed by atoms with Crippen molar-refractivity contribution in [3.05, 3.63) is 0 Å². The molecule has 0 bridgehead atoms. The van der Waals surface area contributed by atoms with Crippen LogP contribution in [0.3, 0.4) is 0 Å². The monoisotopic (exact) mass is 197 g/mol. The van der Waals surface area contributed by atoms with Gasteiger partial charge in [-0.2, -0.15) is 0 Å². The standard InChI is InChI=1S/C13H27N/c1-4-6-11(3)9-13-10-12(5-2)7-8-14-13/h11-14H,4-10H2,1-3H3. The molecule has 0 aromatic rings. The molecule has 0 amide bonds. The molecule has 1 heteroatoms. The predicted molar refractivity (Wildman–Crippen MR) is 63.5 cm³/mol. The van der Waals surface area contributed by atoms with Crippen LogP contribution in [0.25, 0.3) is 0 Å². The average Bonchev–Trinajstić information content (AvgIpc) is 2.18. The Morgan fingerprint density at radius 3 is 2.79 bits per heavy atom. The molecule has 3 unspecified atom stereocenters. The Balaban J connectivity index is 2.22. The van der Waals surface area contributed by atoms with Gasteiger partial charge in [-0.3, -0.25) is 0 Å². The van der Waals surface area contributed by atoms with Crippen LogP contribution < -0.4 is 5.32 Å². The molecule has 1 nitrogen and oxygen atoms in total. The Morgan fingerprint density at radius 2 is 2.14 bits per heavy atom. The second-order valence-electron chi connectivity index (χ2n) is 5.08. The molecule has 0 spiro atoms. The van der Waals surface area contributed by atoms with Gasteiger partial charge in [0.15, 0.2) is 0 Å². The summed E-state index contributed by atoms with van der Waals surface area (Å²) in [5.41, 5.74) is 0. The molecule has 1 heterocycles. The maximum Gasteiger partial charge on any atom is 0.00722 e. The highest BCUT2D eigenvalue weighted by Gasteiger charge is 2.21. The van der Waals surface area contributed by atoms with Gasteiger partial charge >= 0.3 is 0 Å². The third kappa shape index (κ3) is 4.00. The Hall–Kier alpha value is -0.0400. The third-order valence-electron chi connectivity index (χ3n) is 3.65. The molecule has 1 aliphatic heterocycles. The second kappa shape index (κ2) is 6.44. The molecule has 1 rings (SSSR count). The maximum atomic E-state index is 3.67. The number of hydrogen-bond acceptors (Lipinski definition) is 1. The zero-order chi connectivity index (χ0) is 10.4. The van der Waals surface area contributed by atoms with E-state index >= 15 is 0 Å². The summed E-state index contributed by atoms with van der Waals surface area (Å²) in [5.74, 6) is 1.91. The van der Waals surface area contributed by atoms with Gasteiger partial charge in [0, 0.05) is 6.04 Å². The van der Waals surface area contributed by atoms with Gasteiger partial charge in [-0.15, -0.1) is 0 Å². The largest absolute Gasteiger partial charge is 0.314 e. The summed E-state index contributed by atoms with van der Waals surface area (Å²) >= 11 is 0. The van der Waals surface area contributed by atoms with Crippen LogP contribution in [0.4, 0.5) is 0 Å². The van der Waals surface area contributed by atoms with E-state index in [0.29, 0.717) is 0 Å². The van der Waals surface area contributed by atoms with E-state index < -0.39 is 0 Å². The van der Waals surface area contributed by atoms with E-state index in [4.69, 9.17) is 0 Å². The quantitative estimate of drug-likeness (QED) is 0.710. The van der Waals surface area contributed by atoms with Crippen LogP contribution >= 0.6 is 0 Å². The van der Waals surface area contributed by atoms with E-state index in [1.807, 2.05) is 0 Å². The van der Waals surface area contributed by atoms with Crippen LogP contribution in [0.2, 0.25) is 0 Å². The average molecular weight is 197 g/mol. The van der Waals surface area contributed by atoms with Crippen molar-refractivity contribution >= 4 is 0 Å². The number of nitrogens with one attached hydrogen (secondary N) is 1. The van der Waals surface area contributed by atoms with Crippen molar-refractivity contribution in [2.75, 3.05) is 6.54 Å². The Morgan fingerprint density at radius 1 is 1.36 bits per heavy atom. The number of hydrogen-bond donors (Lipinski definition) is 1. The summed E-state index contributed by atoms with van der Waals surface area (Å²) in [6.45, 7) is 8.28. The maximum absolute atomic E-state index is 3.67. The van der Waals surface area contributed by atoms with Crippen LogP contribution in [-0.4, -0.2) is 12.6 Å². The third-order valence-corrected chi connectivity index (χ3v) is 3.65. The molecule has 0 radical (unpaired) electrons. The van der Waals surface area contributed by atoms with Gasteiger partial charge in [0.1, 0.15) is 0 Å². The van der Waals surface area contributed by atoms with Crippen LogP contribution in [0.5, 0.6) is 0 Å². The fourth-order valence-corrected chi connectivity index (χ4v) is 2.74. The lowest BCUT2D eigenvalue weighted by Gasteiger charge is -2.31. The van der Waals surface area contributed by atoms with Crippen molar-refractivity contribution in [2.45, 2.75) is 65.3 Å². The van der Waals surface area contributed by atoms with Crippen LogP contribution in [0, 0.1) is 11.8 Å². The summed E-state index contributed by atoms with van der Waals surface area (Å²) in [6.07, 6.45) is 8.32. The van der Waals surface area contributed by atoms with Gasteiger partial charge < -0.3 is 5.32 Å². The minimum Gasteiger partial charge on any atom is -0.314 e. The van der Waals surface area contributed by atoms with E-state index in [0.717, 1.165) is 17.9 Å². The Kier molecular flexibility index (Phi) is 5.54. The highest BCUT2D eigenvalue weighted by atomic mass is 14.9. The lowest BCUT2D eigenvalue weighted by molar-refractivity contribution is 0.259. The van der Waals surface area contributed by atoms with Crippen LogP contribution in [-0.2, 0) is 0 Å². The first-order valence-corrected chi connectivity index (χ1v) is 6.49. The first-order valence-electron chi connectivity index (χ1n) is 6.49.